The molecule has 8 heteroatoms. The van der Waals surface area contributed by atoms with E-state index in [-0.39, 0.29) is 18.1 Å². The van der Waals surface area contributed by atoms with Gasteiger partial charge >= 0.3 is 12.1 Å². The summed E-state index contributed by atoms with van der Waals surface area (Å²) in [6.07, 6.45) is 2.32. The van der Waals surface area contributed by atoms with E-state index in [1.54, 1.807) is 13.0 Å². The number of alkyl halides is 3. The van der Waals surface area contributed by atoms with Crippen molar-refractivity contribution in [2.75, 3.05) is 20.3 Å². The molecule has 0 radical (unpaired) electrons. The van der Waals surface area contributed by atoms with E-state index in [0.717, 1.165) is 6.07 Å². The highest BCUT2D eigenvalue weighted by atomic mass is 19.4. The summed E-state index contributed by atoms with van der Waals surface area (Å²) in [4.78, 5) is 15.6. The highest BCUT2D eigenvalue weighted by Crippen LogP contribution is 2.29. The molecule has 5 nitrogen and oxygen atoms in total. The van der Waals surface area contributed by atoms with Gasteiger partial charge in [0.1, 0.15) is 17.9 Å². The molecule has 0 aliphatic carbocycles. The Bertz CT molecular complexity index is 795. The van der Waals surface area contributed by atoms with Crippen LogP contribution >= 0.6 is 0 Å². The zero-order chi connectivity index (χ0) is 21.9. The molecule has 0 bridgehead atoms. The van der Waals surface area contributed by atoms with Crippen LogP contribution in [0.3, 0.4) is 0 Å². The number of nitrogens with zero attached hydrogens (tertiary/aromatic N) is 1. The van der Waals surface area contributed by atoms with Crippen LogP contribution in [0.4, 0.5) is 13.2 Å². The molecule has 0 saturated heterocycles. The predicted octanol–water partition coefficient (Wildman–Crippen LogP) is 5.02. The summed E-state index contributed by atoms with van der Waals surface area (Å²) in [5, 5.41) is 0. The zero-order valence-corrected chi connectivity index (χ0v) is 16.6. The van der Waals surface area contributed by atoms with Crippen molar-refractivity contribution in [2.45, 2.75) is 26.4 Å². The summed E-state index contributed by atoms with van der Waals surface area (Å²) >= 11 is 0. The maximum atomic E-state index is 12.8. The van der Waals surface area contributed by atoms with Crippen molar-refractivity contribution in [3.05, 3.63) is 71.7 Å². The van der Waals surface area contributed by atoms with E-state index in [4.69, 9.17) is 14.2 Å². The molecule has 1 aromatic heterocycles. The monoisotopic (exact) mass is 411 g/mol. The first-order valence-corrected chi connectivity index (χ1v) is 8.88. The highest BCUT2D eigenvalue weighted by Gasteiger charge is 2.32. The lowest BCUT2D eigenvalue weighted by Gasteiger charge is -2.14. The molecule has 29 heavy (non-hydrogen) atoms. The lowest BCUT2D eigenvalue weighted by Crippen LogP contribution is -2.12. The number of halogens is 3. The number of rotatable bonds is 10. The third-order valence-corrected chi connectivity index (χ3v) is 3.56. The number of methoxy groups -OCH3 is 1. The summed E-state index contributed by atoms with van der Waals surface area (Å²) in [6, 6.07) is 3.39. The van der Waals surface area contributed by atoms with Crippen LogP contribution in [0.2, 0.25) is 0 Å². The van der Waals surface area contributed by atoms with Crippen LogP contribution in [-0.2, 0) is 20.4 Å². The van der Waals surface area contributed by atoms with Gasteiger partial charge in [-0.15, -0.1) is 0 Å². The minimum Gasteiger partial charge on any atom is -0.501 e. The van der Waals surface area contributed by atoms with Gasteiger partial charge in [0.05, 0.1) is 20.0 Å². The van der Waals surface area contributed by atoms with Gasteiger partial charge in [0.2, 0.25) is 5.88 Å². The van der Waals surface area contributed by atoms with Crippen LogP contribution in [0.5, 0.6) is 5.88 Å². The number of pyridine rings is 1. The normalized spacial score (nSPS) is 13.1. The summed E-state index contributed by atoms with van der Waals surface area (Å²) in [5.74, 6) is -0.841. The van der Waals surface area contributed by atoms with Crippen LogP contribution in [-0.4, -0.2) is 31.3 Å². The van der Waals surface area contributed by atoms with Gasteiger partial charge < -0.3 is 14.2 Å². The van der Waals surface area contributed by atoms with Crippen molar-refractivity contribution >= 4 is 5.97 Å². The predicted molar refractivity (Wildman–Crippen MR) is 103 cm³/mol. The van der Waals surface area contributed by atoms with E-state index in [1.807, 2.05) is 13.0 Å². The standard InChI is InChI=1S/C21H24F3NO4/c1-5-8-10-15(16(6-2)17(14-28-7-3)20(26)27-4)13-29-19-12-9-11-18(25-19)21(22,23)24/h6,8-12,14H,2,5,7,13H2,1,3-4H3/b10-8-,16-15-,17-14+. The Morgan fingerprint density at radius 3 is 2.55 bits per heavy atom. The third-order valence-electron chi connectivity index (χ3n) is 3.56. The van der Waals surface area contributed by atoms with Gasteiger partial charge in [-0.05, 0) is 30.6 Å². The second-order valence-corrected chi connectivity index (χ2v) is 5.58. The molecular weight excluding hydrogens is 387 g/mol. The molecule has 0 fully saturated rings. The molecule has 0 N–H and O–H groups in total. The van der Waals surface area contributed by atoms with Gasteiger partial charge in [-0.1, -0.05) is 37.8 Å². The van der Waals surface area contributed by atoms with Crippen LogP contribution < -0.4 is 4.74 Å². The first-order valence-electron chi connectivity index (χ1n) is 8.88. The summed E-state index contributed by atoms with van der Waals surface area (Å²) in [6.45, 7) is 7.57. The number of carbonyl (C=O) groups excluding carboxylic acids is 1. The van der Waals surface area contributed by atoms with Crippen molar-refractivity contribution in [3.8, 4) is 5.88 Å². The number of allylic oxidation sites excluding steroid dienone is 2. The highest BCUT2D eigenvalue weighted by molar-refractivity contribution is 5.94. The van der Waals surface area contributed by atoms with Crippen LogP contribution in [0.25, 0.3) is 0 Å². The SMILES string of the molecule is C=CC(=C(\C=C/CC)COc1cccc(C(F)(F)F)n1)/C(=C\OCC)C(=O)OC. The Morgan fingerprint density at radius 1 is 1.28 bits per heavy atom. The molecule has 0 aliphatic rings. The number of esters is 1. The quantitative estimate of drug-likeness (QED) is 0.234. The molecule has 1 aromatic rings. The van der Waals surface area contributed by atoms with Gasteiger partial charge in [-0.3, -0.25) is 0 Å². The van der Waals surface area contributed by atoms with Crippen molar-refractivity contribution in [3.63, 3.8) is 0 Å². The fraction of sp³-hybridized carbons (Fsp3) is 0.333. The Hall–Kier alpha value is -3.03. The Balaban J connectivity index is 3.30. The second-order valence-electron chi connectivity index (χ2n) is 5.58. The van der Waals surface area contributed by atoms with E-state index in [0.29, 0.717) is 24.2 Å². The summed E-state index contributed by atoms with van der Waals surface area (Å²) in [7, 11) is 1.23. The molecule has 0 spiro atoms. The fourth-order valence-corrected chi connectivity index (χ4v) is 2.19. The number of hydrogen-bond donors (Lipinski definition) is 0. The van der Waals surface area contributed by atoms with Crippen molar-refractivity contribution in [1.82, 2.24) is 4.98 Å². The molecular formula is C21H24F3NO4. The van der Waals surface area contributed by atoms with Crippen LogP contribution in [0.1, 0.15) is 26.0 Å². The maximum absolute atomic E-state index is 12.8. The van der Waals surface area contributed by atoms with E-state index in [2.05, 4.69) is 11.6 Å². The van der Waals surface area contributed by atoms with Gasteiger partial charge in [0, 0.05) is 6.07 Å². The van der Waals surface area contributed by atoms with Crippen molar-refractivity contribution in [1.29, 1.82) is 0 Å². The summed E-state index contributed by atoms with van der Waals surface area (Å²) in [5.41, 5.74) is -0.0693. The second kappa shape index (κ2) is 11.7. The largest absolute Gasteiger partial charge is 0.501 e. The molecule has 0 amide bonds. The van der Waals surface area contributed by atoms with Crippen molar-refractivity contribution in [2.24, 2.45) is 0 Å². The minimum atomic E-state index is -4.58. The van der Waals surface area contributed by atoms with Crippen LogP contribution in [0.15, 0.2) is 66.0 Å². The molecule has 0 aromatic carbocycles. The van der Waals surface area contributed by atoms with E-state index < -0.39 is 17.8 Å². The Morgan fingerprint density at radius 2 is 2.00 bits per heavy atom. The molecule has 158 valence electrons. The Labute approximate surface area is 168 Å². The smallest absolute Gasteiger partial charge is 0.433 e. The maximum Gasteiger partial charge on any atom is 0.433 e. The molecule has 1 heterocycles. The van der Waals surface area contributed by atoms with Crippen molar-refractivity contribution < 1.29 is 32.2 Å². The van der Waals surface area contributed by atoms with Crippen LogP contribution in [0, 0.1) is 0 Å². The zero-order valence-electron chi connectivity index (χ0n) is 16.6. The van der Waals surface area contributed by atoms with E-state index in [9.17, 15) is 18.0 Å². The van der Waals surface area contributed by atoms with Gasteiger partial charge in [-0.25, -0.2) is 9.78 Å². The number of carbonyl (C=O) groups is 1. The Kier molecular flexibility index (Phi) is 9.71. The topological polar surface area (TPSA) is 57.7 Å². The number of hydrogen-bond acceptors (Lipinski definition) is 5. The first-order chi connectivity index (χ1) is 13.8. The van der Waals surface area contributed by atoms with Gasteiger partial charge in [0.15, 0.2) is 0 Å². The molecule has 1 rings (SSSR count). The lowest BCUT2D eigenvalue weighted by molar-refractivity contribution is -0.141. The molecule has 0 saturated carbocycles. The average Bonchev–Trinajstić information content (AvgIpc) is 2.71. The first kappa shape index (κ1) is 24.0. The number of aromatic nitrogens is 1. The minimum absolute atomic E-state index is 0.112. The van der Waals surface area contributed by atoms with E-state index >= 15 is 0 Å². The van der Waals surface area contributed by atoms with Gasteiger partial charge in [-0.2, -0.15) is 13.2 Å². The average molecular weight is 411 g/mol. The van der Waals surface area contributed by atoms with E-state index in [1.165, 1.54) is 31.6 Å². The summed E-state index contributed by atoms with van der Waals surface area (Å²) < 4.78 is 54.0. The molecule has 0 atom stereocenters. The molecule has 0 aliphatic heterocycles. The third kappa shape index (κ3) is 7.48. The molecule has 0 unspecified atom stereocenters. The lowest BCUT2D eigenvalue weighted by atomic mass is 10.0. The fourth-order valence-electron chi connectivity index (χ4n) is 2.19. The van der Waals surface area contributed by atoms with Gasteiger partial charge in [0.25, 0.3) is 0 Å². The number of ether oxygens (including phenoxy) is 3.